The Morgan fingerprint density at radius 3 is 1.87 bits per heavy atom. The molecule has 0 heterocycles. The van der Waals surface area contributed by atoms with E-state index >= 15 is 0 Å². The van der Waals surface area contributed by atoms with E-state index < -0.39 is 0 Å². The number of anilines is 1. The molecule has 3 nitrogen and oxygen atoms in total. The summed E-state index contributed by atoms with van der Waals surface area (Å²) in [6.45, 7) is 4.07. The van der Waals surface area contributed by atoms with Crippen molar-refractivity contribution in [2.24, 2.45) is 0 Å². The van der Waals surface area contributed by atoms with Crippen molar-refractivity contribution >= 4 is 11.4 Å². The van der Waals surface area contributed by atoms with E-state index in [1.54, 1.807) is 6.08 Å². The molecule has 0 spiro atoms. The molecule has 0 fully saturated rings. The average Bonchev–Trinajstić information content (AvgIpc) is 2.57. The van der Waals surface area contributed by atoms with E-state index in [9.17, 15) is 0 Å². The van der Waals surface area contributed by atoms with Gasteiger partial charge in [-0.2, -0.15) is 10.5 Å². The first-order valence-corrected chi connectivity index (χ1v) is 7.25. The van der Waals surface area contributed by atoms with Gasteiger partial charge in [0.1, 0.15) is 17.7 Å². The molecule has 0 saturated carbocycles. The number of rotatable bonds is 4. The van der Waals surface area contributed by atoms with Crippen LogP contribution in [0.3, 0.4) is 0 Å². The number of benzene rings is 2. The quantitative estimate of drug-likeness (QED) is 0.656. The Morgan fingerprint density at radius 1 is 0.826 bits per heavy atom. The number of nitrogens with one attached hydrogen (secondary N) is 1. The van der Waals surface area contributed by atoms with Gasteiger partial charge in [0.25, 0.3) is 0 Å². The third kappa shape index (κ3) is 4.59. The maximum absolute atomic E-state index is 8.88. The summed E-state index contributed by atoms with van der Waals surface area (Å²) >= 11 is 0. The van der Waals surface area contributed by atoms with Crippen LogP contribution in [0.5, 0.6) is 0 Å². The molecule has 0 saturated heterocycles. The minimum absolute atomic E-state index is 0.0697. The second-order valence-electron chi connectivity index (χ2n) is 5.24. The predicted octanol–water partition coefficient (Wildman–Crippen LogP) is 4.73. The highest BCUT2D eigenvalue weighted by Crippen LogP contribution is 2.20. The molecule has 0 aromatic heterocycles. The van der Waals surface area contributed by atoms with Gasteiger partial charge >= 0.3 is 0 Å². The van der Waals surface area contributed by atoms with Crippen molar-refractivity contribution in [1.29, 1.82) is 10.5 Å². The molecule has 0 bridgehead atoms. The Balaban J connectivity index is 2.39. The molecule has 3 heteroatoms. The third-order valence-electron chi connectivity index (χ3n) is 3.35. The lowest BCUT2D eigenvalue weighted by Gasteiger charge is -2.12. The van der Waals surface area contributed by atoms with E-state index in [4.69, 9.17) is 10.5 Å². The predicted molar refractivity (Wildman–Crippen MR) is 93.3 cm³/mol. The zero-order valence-electron chi connectivity index (χ0n) is 13.2. The maximum atomic E-state index is 8.88. The first-order valence-electron chi connectivity index (χ1n) is 7.25. The highest BCUT2D eigenvalue weighted by Gasteiger charge is 2.02. The molecule has 0 aliphatic rings. The van der Waals surface area contributed by atoms with Gasteiger partial charge in [0, 0.05) is 11.4 Å². The standard InChI is InChI=1S/C20H17N3/c1-15-3-8-18(9-4-15)20(12-7-17(13-21)14-22)23-19-10-5-16(2)6-11-19/h3-12,23H,1-2H3/b20-12-. The number of aryl methyl sites for hydroxylation is 2. The SMILES string of the molecule is Cc1ccc(N/C(=C\C=C(C#N)C#N)c2ccc(C)cc2)cc1. The minimum atomic E-state index is 0.0697. The van der Waals surface area contributed by atoms with Crippen LogP contribution in [0.25, 0.3) is 5.70 Å². The molecule has 0 radical (unpaired) electrons. The van der Waals surface area contributed by atoms with Crippen molar-refractivity contribution in [3.8, 4) is 12.1 Å². The van der Waals surface area contributed by atoms with Crippen LogP contribution in [0.4, 0.5) is 5.69 Å². The number of allylic oxidation sites excluding steroid dienone is 3. The Hall–Kier alpha value is -3.30. The first kappa shape index (κ1) is 16.1. The van der Waals surface area contributed by atoms with Crippen molar-refractivity contribution in [1.82, 2.24) is 0 Å². The largest absolute Gasteiger partial charge is 0.355 e. The van der Waals surface area contributed by atoms with Gasteiger partial charge in [-0.3, -0.25) is 0 Å². The van der Waals surface area contributed by atoms with Gasteiger partial charge in [0.2, 0.25) is 0 Å². The maximum Gasteiger partial charge on any atom is 0.129 e. The second-order valence-corrected chi connectivity index (χ2v) is 5.24. The first-order chi connectivity index (χ1) is 11.1. The van der Waals surface area contributed by atoms with E-state index in [-0.39, 0.29) is 5.57 Å². The van der Waals surface area contributed by atoms with Gasteiger partial charge in [-0.05, 0) is 43.7 Å². The van der Waals surface area contributed by atoms with Crippen LogP contribution < -0.4 is 5.32 Å². The van der Waals surface area contributed by atoms with Crippen LogP contribution in [-0.4, -0.2) is 0 Å². The van der Waals surface area contributed by atoms with E-state index in [0.29, 0.717) is 0 Å². The van der Waals surface area contributed by atoms with Crippen molar-refractivity contribution < 1.29 is 0 Å². The van der Waals surface area contributed by atoms with E-state index in [1.807, 2.05) is 74.5 Å². The molecule has 0 atom stereocenters. The molecule has 23 heavy (non-hydrogen) atoms. The van der Waals surface area contributed by atoms with Gasteiger partial charge in [-0.1, -0.05) is 47.5 Å². The lowest BCUT2D eigenvalue weighted by atomic mass is 10.1. The van der Waals surface area contributed by atoms with Gasteiger partial charge in [-0.25, -0.2) is 0 Å². The molecule has 112 valence electrons. The molecule has 2 aromatic rings. The van der Waals surface area contributed by atoms with Crippen LogP contribution in [-0.2, 0) is 0 Å². The average molecular weight is 299 g/mol. The van der Waals surface area contributed by atoms with Crippen LogP contribution in [0.2, 0.25) is 0 Å². The minimum Gasteiger partial charge on any atom is -0.355 e. The molecule has 0 unspecified atom stereocenters. The van der Waals surface area contributed by atoms with Gasteiger partial charge in [0.05, 0.1) is 0 Å². The molecule has 1 N–H and O–H groups in total. The van der Waals surface area contributed by atoms with Crippen LogP contribution in [0, 0.1) is 36.5 Å². The lowest BCUT2D eigenvalue weighted by Crippen LogP contribution is -1.99. The number of hydrogen-bond acceptors (Lipinski definition) is 3. The van der Waals surface area contributed by atoms with E-state index in [1.165, 1.54) is 17.2 Å². The van der Waals surface area contributed by atoms with Gasteiger partial charge in [0.15, 0.2) is 0 Å². The summed E-state index contributed by atoms with van der Waals surface area (Å²) in [4.78, 5) is 0. The summed E-state index contributed by atoms with van der Waals surface area (Å²) in [7, 11) is 0. The van der Waals surface area contributed by atoms with Crippen LogP contribution >= 0.6 is 0 Å². The molecule has 0 amide bonds. The zero-order chi connectivity index (χ0) is 16.7. The molecular weight excluding hydrogens is 282 g/mol. The van der Waals surface area contributed by atoms with Crippen molar-refractivity contribution in [2.45, 2.75) is 13.8 Å². The monoisotopic (exact) mass is 299 g/mol. The highest BCUT2D eigenvalue weighted by molar-refractivity contribution is 5.78. The summed E-state index contributed by atoms with van der Waals surface area (Å²) in [5.74, 6) is 0. The smallest absolute Gasteiger partial charge is 0.129 e. The Labute approximate surface area is 136 Å². The molecule has 2 aromatic carbocycles. The summed E-state index contributed by atoms with van der Waals surface area (Å²) < 4.78 is 0. The number of nitrogens with zero attached hydrogens (tertiary/aromatic N) is 2. The second kappa shape index (κ2) is 7.64. The van der Waals surface area contributed by atoms with Crippen molar-refractivity contribution in [3.63, 3.8) is 0 Å². The highest BCUT2D eigenvalue weighted by atomic mass is 14.9. The van der Waals surface area contributed by atoms with Crippen molar-refractivity contribution in [3.05, 3.63) is 82.9 Å². The topological polar surface area (TPSA) is 59.6 Å². The van der Waals surface area contributed by atoms with E-state index in [2.05, 4.69) is 5.32 Å². The fourth-order valence-corrected chi connectivity index (χ4v) is 2.00. The van der Waals surface area contributed by atoms with Crippen LogP contribution in [0.15, 0.2) is 66.3 Å². The fourth-order valence-electron chi connectivity index (χ4n) is 2.00. The summed E-state index contributed by atoms with van der Waals surface area (Å²) in [5.41, 5.74) is 5.20. The summed E-state index contributed by atoms with van der Waals surface area (Å²) in [6.07, 6.45) is 3.28. The van der Waals surface area contributed by atoms with Gasteiger partial charge < -0.3 is 5.32 Å². The number of nitriles is 2. The van der Waals surface area contributed by atoms with Gasteiger partial charge in [-0.15, -0.1) is 0 Å². The molecule has 2 rings (SSSR count). The van der Waals surface area contributed by atoms with Crippen LogP contribution in [0.1, 0.15) is 16.7 Å². The third-order valence-corrected chi connectivity index (χ3v) is 3.35. The van der Waals surface area contributed by atoms with E-state index in [0.717, 1.165) is 16.9 Å². The Kier molecular flexibility index (Phi) is 5.34. The Bertz CT molecular complexity index is 795. The molecular formula is C20H17N3. The molecule has 0 aliphatic heterocycles. The molecule has 0 aliphatic carbocycles. The lowest BCUT2D eigenvalue weighted by molar-refractivity contribution is 1.43. The zero-order valence-corrected chi connectivity index (χ0v) is 13.2. The number of hydrogen-bond donors (Lipinski definition) is 1. The Morgan fingerprint density at radius 2 is 1.35 bits per heavy atom. The van der Waals surface area contributed by atoms with Crippen molar-refractivity contribution in [2.75, 3.05) is 5.32 Å². The summed E-state index contributed by atoms with van der Waals surface area (Å²) in [6, 6.07) is 19.9. The fraction of sp³-hybridized carbons (Fsp3) is 0.100. The normalized spacial score (nSPS) is 10.3. The summed E-state index contributed by atoms with van der Waals surface area (Å²) in [5, 5.41) is 21.1.